The molecule has 1 unspecified atom stereocenters. The van der Waals surface area contributed by atoms with Crippen LogP contribution in [0.15, 0.2) is 23.6 Å². The van der Waals surface area contributed by atoms with Crippen molar-refractivity contribution >= 4 is 17.2 Å². The molecule has 3 heterocycles. The highest BCUT2D eigenvalue weighted by Crippen LogP contribution is 2.18. The smallest absolute Gasteiger partial charge is 0.279 e. The Kier molecular flexibility index (Phi) is 5.02. The van der Waals surface area contributed by atoms with Gasteiger partial charge in [0, 0.05) is 24.0 Å². The molecule has 1 fully saturated rings. The molecule has 0 aliphatic carbocycles. The Labute approximate surface area is 136 Å². The van der Waals surface area contributed by atoms with E-state index in [1.54, 1.807) is 11.3 Å². The van der Waals surface area contributed by atoms with Gasteiger partial charge in [-0.2, -0.15) is 5.10 Å². The molecule has 1 amide bonds. The van der Waals surface area contributed by atoms with Crippen LogP contribution in [0.4, 0.5) is 8.78 Å². The minimum Gasteiger partial charge on any atom is -0.347 e. The molecule has 2 aromatic rings. The van der Waals surface area contributed by atoms with Gasteiger partial charge >= 0.3 is 0 Å². The molecule has 1 saturated heterocycles. The normalized spacial score (nSPS) is 19.2. The van der Waals surface area contributed by atoms with E-state index in [4.69, 9.17) is 0 Å². The Morgan fingerprint density at radius 2 is 2.43 bits per heavy atom. The third-order valence-electron chi connectivity index (χ3n) is 3.87. The van der Waals surface area contributed by atoms with Crippen molar-refractivity contribution in [2.75, 3.05) is 13.1 Å². The standard InChI is InChI=1S/C15H18F2N4OS/c16-14(17)12-7-13(20-19-12)15(22)18-10-3-1-5-21(8-10)9-11-4-2-6-23-11/h2,4,6-7,10,14H,1,3,5,8-9H2,(H,18,22)(H,19,20). The van der Waals surface area contributed by atoms with Crippen LogP contribution in [-0.2, 0) is 6.54 Å². The SMILES string of the molecule is O=C(NC1CCCN(Cc2cccs2)C1)c1cc(C(F)F)[nH]n1. The number of thiophene rings is 1. The molecule has 0 bridgehead atoms. The number of halogens is 2. The van der Waals surface area contributed by atoms with Gasteiger partial charge in [0.15, 0.2) is 0 Å². The molecular weight excluding hydrogens is 322 g/mol. The summed E-state index contributed by atoms with van der Waals surface area (Å²) in [6, 6.07) is 5.25. The van der Waals surface area contributed by atoms with E-state index in [1.165, 1.54) is 4.88 Å². The topological polar surface area (TPSA) is 61.0 Å². The predicted molar refractivity (Wildman–Crippen MR) is 83.6 cm³/mol. The van der Waals surface area contributed by atoms with Crippen LogP contribution in [0, 0.1) is 0 Å². The average Bonchev–Trinajstić information content (AvgIpc) is 3.18. The quantitative estimate of drug-likeness (QED) is 0.880. The van der Waals surface area contributed by atoms with Crippen molar-refractivity contribution in [2.24, 2.45) is 0 Å². The van der Waals surface area contributed by atoms with Crippen LogP contribution in [0.3, 0.4) is 0 Å². The largest absolute Gasteiger partial charge is 0.347 e. The molecule has 1 atom stereocenters. The van der Waals surface area contributed by atoms with E-state index in [1.807, 2.05) is 6.07 Å². The molecule has 124 valence electrons. The number of nitrogens with zero attached hydrogens (tertiary/aromatic N) is 2. The first-order chi connectivity index (χ1) is 11.1. The Hall–Kier alpha value is -1.80. The highest BCUT2D eigenvalue weighted by molar-refractivity contribution is 7.09. The van der Waals surface area contributed by atoms with Gasteiger partial charge in [0.05, 0.1) is 0 Å². The number of aromatic amines is 1. The maximum absolute atomic E-state index is 12.5. The Bertz CT molecular complexity index is 644. The highest BCUT2D eigenvalue weighted by atomic mass is 32.1. The zero-order valence-electron chi connectivity index (χ0n) is 12.5. The summed E-state index contributed by atoms with van der Waals surface area (Å²) in [6.07, 6.45) is -0.766. The predicted octanol–water partition coefficient (Wildman–Crippen LogP) is 2.80. The molecule has 1 aliphatic rings. The minimum absolute atomic E-state index is 0.00989. The fourth-order valence-corrected chi connectivity index (χ4v) is 3.51. The van der Waals surface area contributed by atoms with Gasteiger partial charge in [0.1, 0.15) is 11.4 Å². The van der Waals surface area contributed by atoms with Gasteiger partial charge in [-0.05, 0) is 36.9 Å². The third-order valence-corrected chi connectivity index (χ3v) is 4.73. The molecule has 2 N–H and O–H groups in total. The highest BCUT2D eigenvalue weighted by Gasteiger charge is 2.23. The first-order valence-electron chi connectivity index (χ1n) is 7.51. The fraction of sp³-hybridized carbons (Fsp3) is 0.467. The molecule has 0 radical (unpaired) electrons. The van der Waals surface area contributed by atoms with Crippen molar-refractivity contribution in [1.82, 2.24) is 20.4 Å². The van der Waals surface area contributed by atoms with Gasteiger partial charge in [0.25, 0.3) is 12.3 Å². The number of amides is 1. The van der Waals surface area contributed by atoms with E-state index in [0.29, 0.717) is 0 Å². The second kappa shape index (κ2) is 7.18. The molecule has 0 aromatic carbocycles. The fourth-order valence-electron chi connectivity index (χ4n) is 2.76. The second-order valence-corrected chi connectivity index (χ2v) is 6.67. The van der Waals surface area contributed by atoms with Crippen molar-refractivity contribution in [3.05, 3.63) is 39.8 Å². The summed E-state index contributed by atoms with van der Waals surface area (Å²) in [6.45, 7) is 2.64. The van der Waals surface area contributed by atoms with Crippen LogP contribution in [0.1, 0.15) is 40.3 Å². The molecule has 0 spiro atoms. The van der Waals surface area contributed by atoms with E-state index in [2.05, 4.69) is 31.9 Å². The lowest BCUT2D eigenvalue weighted by Gasteiger charge is -2.32. The summed E-state index contributed by atoms with van der Waals surface area (Å²) >= 11 is 1.72. The number of hydrogen-bond acceptors (Lipinski definition) is 4. The van der Waals surface area contributed by atoms with Crippen molar-refractivity contribution in [3.63, 3.8) is 0 Å². The number of carbonyl (C=O) groups excluding carboxylic acids is 1. The molecule has 1 aliphatic heterocycles. The van der Waals surface area contributed by atoms with E-state index >= 15 is 0 Å². The Balaban J connectivity index is 1.55. The zero-order chi connectivity index (χ0) is 16.2. The summed E-state index contributed by atoms with van der Waals surface area (Å²) in [5, 5.41) is 10.8. The number of rotatable bonds is 5. The third kappa shape index (κ3) is 4.14. The van der Waals surface area contributed by atoms with Gasteiger partial charge in [-0.15, -0.1) is 11.3 Å². The van der Waals surface area contributed by atoms with Gasteiger partial charge in [-0.1, -0.05) is 6.07 Å². The summed E-state index contributed by atoms with van der Waals surface area (Å²) < 4.78 is 25.1. The number of carbonyl (C=O) groups is 1. The maximum atomic E-state index is 12.5. The van der Waals surface area contributed by atoms with Gasteiger partial charge in [-0.3, -0.25) is 14.8 Å². The first-order valence-corrected chi connectivity index (χ1v) is 8.39. The molecule has 0 saturated carbocycles. The number of nitrogens with one attached hydrogen (secondary N) is 2. The summed E-state index contributed by atoms with van der Waals surface area (Å²) in [4.78, 5) is 15.7. The number of H-pyrrole nitrogens is 1. The monoisotopic (exact) mass is 340 g/mol. The Morgan fingerprint density at radius 1 is 1.57 bits per heavy atom. The minimum atomic E-state index is -2.65. The van der Waals surface area contributed by atoms with E-state index in [-0.39, 0.29) is 17.4 Å². The van der Waals surface area contributed by atoms with Gasteiger partial charge in [0.2, 0.25) is 0 Å². The first kappa shape index (κ1) is 16.1. The molecule has 23 heavy (non-hydrogen) atoms. The lowest BCUT2D eigenvalue weighted by molar-refractivity contribution is 0.0896. The van der Waals surface area contributed by atoms with Crippen molar-refractivity contribution in [2.45, 2.75) is 31.9 Å². The number of alkyl halides is 2. The summed E-state index contributed by atoms with van der Waals surface area (Å²) in [7, 11) is 0. The van der Waals surface area contributed by atoms with E-state index < -0.39 is 12.3 Å². The summed E-state index contributed by atoms with van der Waals surface area (Å²) in [5.74, 6) is -0.406. The zero-order valence-corrected chi connectivity index (χ0v) is 13.3. The molecule has 5 nitrogen and oxygen atoms in total. The maximum Gasteiger partial charge on any atom is 0.279 e. The number of hydrogen-bond donors (Lipinski definition) is 2. The van der Waals surface area contributed by atoms with Crippen LogP contribution in [0.2, 0.25) is 0 Å². The lowest BCUT2D eigenvalue weighted by atomic mass is 10.1. The molecule has 2 aromatic heterocycles. The van der Waals surface area contributed by atoms with Crippen LogP contribution in [0.25, 0.3) is 0 Å². The van der Waals surface area contributed by atoms with Crippen molar-refractivity contribution in [1.29, 1.82) is 0 Å². The molecule has 3 rings (SSSR count). The van der Waals surface area contributed by atoms with Crippen LogP contribution in [-0.4, -0.2) is 40.1 Å². The van der Waals surface area contributed by atoms with Gasteiger partial charge in [-0.25, -0.2) is 8.78 Å². The lowest BCUT2D eigenvalue weighted by Crippen LogP contribution is -2.47. The summed E-state index contributed by atoms with van der Waals surface area (Å²) in [5.41, 5.74) is -0.325. The Morgan fingerprint density at radius 3 is 3.13 bits per heavy atom. The second-order valence-electron chi connectivity index (χ2n) is 5.64. The van der Waals surface area contributed by atoms with Gasteiger partial charge < -0.3 is 5.32 Å². The van der Waals surface area contributed by atoms with Crippen molar-refractivity contribution in [3.8, 4) is 0 Å². The van der Waals surface area contributed by atoms with Crippen LogP contribution >= 0.6 is 11.3 Å². The number of likely N-dealkylation sites (tertiary alicyclic amines) is 1. The molecular formula is C15H18F2N4OS. The van der Waals surface area contributed by atoms with E-state index in [9.17, 15) is 13.6 Å². The molecule has 8 heteroatoms. The van der Waals surface area contributed by atoms with Crippen LogP contribution < -0.4 is 5.32 Å². The van der Waals surface area contributed by atoms with E-state index in [0.717, 1.165) is 38.5 Å². The number of piperidine rings is 1. The van der Waals surface area contributed by atoms with Crippen molar-refractivity contribution < 1.29 is 13.6 Å². The average molecular weight is 340 g/mol. The number of aromatic nitrogens is 2. The van der Waals surface area contributed by atoms with Crippen LogP contribution in [0.5, 0.6) is 0 Å².